The summed E-state index contributed by atoms with van der Waals surface area (Å²) in [6.07, 6.45) is 2.35. The molecule has 0 radical (unpaired) electrons. The third-order valence-corrected chi connectivity index (χ3v) is 4.32. The van der Waals surface area contributed by atoms with E-state index >= 15 is 0 Å². The molecule has 0 bridgehead atoms. The third-order valence-electron chi connectivity index (χ3n) is 3.09. The van der Waals surface area contributed by atoms with Crippen LogP contribution < -0.4 is 0 Å². The van der Waals surface area contributed by atoms with E-state index in [1.54, 1.807) is 0 Å². The SMILES string of the molecule is Cc1cccc2nc(CC3CCSC3)nn12. The van der Waals surface area contributed by atoms with Crippen LogP contribution in [0.2, 0.25) is 0 Å². The molecular weight excluding hydrogens is 218 g/mol. The molecule has 1 unspecified atom stereocenters. The monoisotopic (exact) mass is 233 g/mol. The van der Waals surface area contributed by atoms with Crippen LogP contribution >= 0.6 is 11.8 Å². The summed E-state index contributed by atoms with van der Waals surface area (Å²) >= 11 is 2.05. The van der Waals surface area contributed by atoms with E-state index in [2.05, 4.69) is 23.1 Å². The lowest BCUT2D eigenvalue weighted by Crippen LogP contribution is -2.04. The second kappa shape index (κ2) is 4.09. The summed E-state index contributed by atoms with van der Waals surface area (Å²) in [4.78, 5) is 4.58. The van der Waals surface area contributed by atoms with Crippen molar-refractivity contribution in [2.24, 2.45) is 5.92 Å². The maximum absolute atomic E-state index is 4.58. The van der Waals surface area contributed by atoms with Gasteiger partial charge < -0.3 is 0 Å². The van der Waals surface area contributed by atoms with Gasteiger partial charge in [0.25, 0.3) is 0 Å². The van der Waals surface area contributed by atoms with Crippen molar-refractivity contribution in [1.29, 1.82) is 0 Å². The molecule has 3 nitrogen and oxygen atoms in total. The zero-order chi connectivity index (χ0) is 11.0. The molecule has 16 heavy (non-hydrogen) atoms. The topological polar surface area (TPSA) is 30.2 Å². The average molecular weight is 233 g/mol. The number of hydrogen-bond acceptors (Lipinski definition) is 3. The van der Waals surface area contributed by atoms with E-state index in [1.807, 2.05) is 28.4 Å². The van der Waals surface area contributed by atoms with Crippen LogP contribution in [0.1, 0.15) is 17.9 Å². The van der Waals surface area contributed by atoms with Crippen molar-refractivity contribution in [2.45, 2.75) is 19.8 Å². The van der Waals surface area contributed by atoms with Crippen LogP contribution in [-0.2, 0) is 6.42 Å². The van der Waals surface area contributed by atoms with Crippen molar-refractivity contribution in [2.75, 3.05) is 11.5 Å². The summed E-state index contributed by atoms with van der Waals surface area (Å²) in [6.45, 7) is 2.07. The Kier molecular flexibility index (Phi) is 2.59. The Morgan fingerprint density at radius 3 is 3.19 bits per heavy atom. The predicted molar refractivity (Wildman–Crippen MR) is 66.9 cm³/mol. The highest BCUT2D eigenvalue weighted by molar-refractivity contribution is 7.99. The second-order valence-corrected chi connectivity index (χ2v) is 5.55. The van der Waals surface area contributed by atoms with Crippen molar-refractivity contribution in [1.82, 2.24) is 14.6 Å². The van der Waals surface area contributed by atoms with E-state index < -0.39 is 0 Å². The molecule has 3 rings (SSSR count). The van der Waals surface area contributed by atoms with E-state index in [0.717, 1.165) is 29.5 Å². The Morgan fingerprint density at radius 2 is 2.44 bits per heavy atom. The minimum absolute atomic E-state index is 0.780. The summed E-state index contributed by atoms with van der Waals surface area (Å²) in [7, 11) is 0. The van der Waals surface area contributed by atoms with Gasteiger partial charge in [0.1, 0.15) is 0 Å². The molecule has 1 fully saturated rings. The molecule has 0 N–H and O–H groups in total. The summed E-state index contributed by atoms with van der Waals surface area (Å²) in [5, 5.41) is 4.57. The van der Waals surface area contributed by atoms with Crippen LogP contribution in [0.3, 0.4) is 0 Å². The van der Waals surface area contributed by atoms with Gasteiger partial charge in [-0.05, 0) is 42.9 Å². The van der Waals surface area contributed by atoms with Crippen molar-refractivity contribution < 1.29 is 0 Å². The molecule has 0 spiro atoms. The Balaban J connectivity index is 1.90. The number of aromatic nitrogens is 3. The highest BCUT2D eigenvalue weighted by Crippen LogP contribution is 2.25. The van der Waals surface area contributed by atoms with E-state index in [1.165, 1.54) is 17.9 Å². The molecule has 1 saturated heterocycles. The first-order valence-corrected chi connectivity index (χ1v) is 6.87. The molecule has 2 aromatic rings. The molecule has 84 valence electrons. The number of pyridine rings is 1. The van der Waals surface area contributed by atoms with E-state index in [9.17, 15) is 0 Å². The number of fused-ring (bicyclic) bond motifs is 1. The van der Waals surface area contributed by atoms with Crippen molar-refractivity contribution in [3.8, 4) is 0 Å². The molecule has 2 aromatic heterocycles. The lowest BCUT2D eigenvalue weighted by atomic mass is 10.1. The first-order chi connectivity index (χ1) is 7.83. The van der Waals surface area contributed by atoms with Gasteiger partial charge in [-0.2, -0.15) is 16.9 Å². The summed E-state index contributed by atoms with van der Waals surface area (Å²) in [5.74, 6) is 4.36. The summed E-state index contributed by atoms with van der Waals surface area (Å²) < 4.78 is 1.94. The number of aryl methyl sites for hydroxylation is 1. The van der Waals surface area contributed by atoms with Gasteiger partial charge in [0.15, 0.2) is 11.5 Å². The van der Waals surface area contributed by atoms with Gasteiger partial charge >= 0.3 is 0 Å². The van der Waals surface area contributed by atoms with Gasteiger partial charge in [0.2, 0.25) is 0 Å². The first-order valence-electron chi connectivity index (χ1n) is 5.72. The van der Waals surface area contributed by atoms with Gasteiger partial charge in [0, 0.05) is 12.1 Å². The van der Waals surface area contributed by atoms with Gasteiger partial charge in [-0.25, -0.2) is 9.50 Å². The lowest BCUT2D eigenvalue weighted by molar-refractivity contribution is 0.575. The Bertz CT molecular complexity index is 500. The number of nitrogens with zero attached hydrogens (tertiary/aromatic N) is 3. The minimum atomic E-state index is 0.780. The average Bonchev–Trinajstić information content (AvgIpc) is 2.88. The smallest absolute Gasteiger partial charge is 0.155 e. The summed E-state index contributed by atoms with van der Waals surface area (Å²) in [6, 6.07) is 6.12. The molecule has 0 saturated carbocycles. The molecule has 3 heterocycles. The van der Waals surface area contributed by atoms with Crippen LogP contribution in [-0.4, -0.2) is 26.1 Å². The van der Waals surface area contributed by atoms with Crippen LogP contribution in [0.5, 0.6) is 0 Å². The highest BCUT2D eigenvalue weighted by Gasteiger charge is 2.18. The fourth-order valence-electron chi connectivity index (χ4n) is 2.17. The number of rotatable bonds is 2. The minimum Gasteiger partial charge on any atom is -0.218 e. The van der Waals surface area contributed by atoms with Gasteiger partial charge in [-0.3, -0.25) is 0 Å². The molecule has 0 aliphatic carbocycles. The van der Waals surface area contributed by atoms with Crippen LogP contribution in [0, 0.1) is 12.8 Å². The fourth-order valence-corrected chi connectivity index (χ4v) is 3.45. The zero-order valence-corrected chi connectivity index (χ0v) is 10.2. The maximum atomic E-state index is 4.58. The fraction of sp³-hybridized carbons (Fsp3) is 0.500. The van der Waals surface area contributed by atoms with Crippen molar-refractivity contribution in [3.05, 3.63) is 29.7 Å². The number of thioether (sulfide) groups is 1. The first kappa shape index (κ1) is 10.1. The predicted octanol–water partition coefficient (Wildman–Crippen LogP) is 2.33. The summed E-state index contributed by atoms with van der Waals surface area (Å²) in [5.41, 5.74) is 2.12. The van der Waals surface area contributed by atoms with Gasteiger partial charge in [-0.15, -0.1) is 0 Å². The Morgan fingerprint density at radius 1 is 1.50 bits per heavy atom. The number of hydrogen-bond donors (Lipinski definition) is 0. The normalized spacial score (nSPS) is 20.7. The molecule has 1 aliphatic rings. The van der Waals surface area contributed by atoms with Crippen LogP contribution in [0.4, 0.5) is 0 Å². The molecule has 0 aromatic carbocycles. The second-order valence-electron chi connectivity index (χ2n) is 4.40. The Labute approximate surface area is 99.3 Å². The van der Waals surface area contributed by atoms with Crippen molar-refractivity contribution >= 4 is 17.4 Å². The molecule has 4 heteroatoms. The van der Waals surface area contributed by atoms with Crippen molar-refractivity contribution in [3.63, 3.8) is 0 Å². The quantitative estimate of drug-likeness (QED) is 0.797. The van der Waals surface area contributed by atoms with Gasteiger partial charge in [0.05, 0.1) is 0 Å². The molecule has 0 amide bonds. The molecule has 1 aliphatic heterocycles. The van der Waals surface area contributed by atoms with E-state index in [-0.39, 0.29) is 0 Å². The van der Waals surface area contributed by atoms with E-state index in [0.29, 0.717) is 0 Å². The molecule has 1 atom stereocenters. The Hall–Kier alpha value is -1.03. The highest BCUT2D eigenvalue weighted by atomic mass is 32.2. The lowest BCUT2D eigenvalue weighted by Gasteiger charge is -2.02. The maximum Gasteiger partial charge on any atom is 0.155 e. The standard InChI is InChI=1S/C12H15N3S/c1-9-3-2-4-12-13-11(14-15(9)12)7-10-5-6-16-8-10/h2-4,10H,5-8H2,1H3. The third kappa shape index (κ3) is 1.82. The molecular formula is C12H15N3S. The zero-order valence-electron chi connectivity index (χ0n) is 9.39. The van der Waals surface area contributed by atoms with Gasteiger partial charge in [-0.1, -0.05) is 6.07 Å². The van der Waals surface area contributed by atoms with E-state index in [4.69, 9.17) is 0 Å². The largest absolute Gasteiger partial charge is 0.218 e. The van der Waals surface area contributed by atoms with Crippen LogP contribution in [0.25, 0.3) is 5.65 Å². The van der Waals surface area contributed by atoms with Crippen LogP contribution in [0.15, 0.2) is 18.2 Å².